The van der Waals surface area contributed by atoms with E-state index in [1.165, 1.54) is 18.5 Å². The number of aromatic nitrogens is 1. The molecule has 50 valence electrons. The number of hydrogen-bond acceptors (Lipinski definition) is 3. The lowest BCUT2D eigenvalue weighted by Gasteiger charge is -1.89. The summed E-state index contributed by atoms with van der Waals surface area (Å²) in [6.07, 6.45) is 2.62. The molecule has 0 fully saturated rings. The van der Waals surface area contributed by atoms with Crippen molar-refractivity contribution in [1.82, 2.24) is 4.98 Å². The molecule has 0 aliphatic rings. The van der Waals surface area contributed by atoms with Crippen LogP contribution in [0.1, 0.15) is 0 Å². The predicted molar refractivity (Wildman–Crippen MR) is 34.7 cm³/mol. The standard InChI is InChI=1S/C5H4N4O/c6-9-8-4-1-5(10)3-7-2-4/h1-3,10H. The maximum atomic E-state index is 8.79. The van der Waals surface area contributed by atoms with Crippen molar-refractivity contribution in [2.45, 2.75) is 0 Å². The Hall–Kier alpha value is -1.74. The maximum absolute atomic E-state index is 8.79. The molecule has 1 rings (SSSR count). The van der Waals surface area contributed by atoms with Crippen molar-refractivity contribution in [2.75, 3.05) is 0 Å². The molecule has 0 bridgehead atoms. The third-order valence-corrected chi connectivity index (χ3v) is 0.870. The topological polar surface area (TPSA) is 81.9 Å². The zero-order valence-corrected chi connectivity index (χ0v) is 4.97. The summed E-state index contributed by atoms with van der Waals surface area (Å²) in [5.41, 5.74) is 8.27. The Morgan fingerprint density at radius 3 is 3.00 bits per heavy atom. The lowest BCUT2D eigenvalue weighted by molar-refractivity contribution is 0.473. The monoisotopic (exact) mass is 136 g/mol. The van der Waals surface area contributed by atoms with Crippen LogP contribution in [-0.2, 0) is 0 Å². The highest BCUT2D eigenvalue weighted by atomic mass is 16.3. The SMILES string of the molecule is [N-]=[N+]=Nc1cncc(O)c1. The molecule has 0 amide bonds. The fourth-order valence-corrected chi connectivity index (χ4v) is 0.522. The fraction of sp³-hybridized carbons (Fsp3) is 0. The molecule has 5 heteroatoms. The van der Waals surface area contributed by atoms with Crippen LogP contribution in [0.2, 0.25) is 0 Å². The van der Waals surface area contributed by atoms with Crippen molar-refractivity contribution in [3.05, 3.63) is 28.9 Å². The van der Waals surface area contributed by atoms with Crippen LogP contribution in [0.3, 0.4) is 0 Å². The highest BCUT2D eigenvalue weighted by molar-refractivity contribution is 5.38. The minimum Gasteiger partial charge on any atom is -0.506 e. The van der Waals surface area contributed by atoms with Crippen LogP contribution < -0.4 is 0 Å². The molecule has 0 atom stereocenters. The van der Waals surface area contributed by atoms with E-state index in [9.17, 15) is 0 Å². The van der Waals surface area contributed by atoms with Crippen LogP contribution in [0.5, 0.6) is 5.75 Å². The lowest BCUT2D eigenvalue weighted by atomic mass is 10.4. The molecule has 1 aromatic heterocycles. The van der Waals surface area contributed by atoms with Crippen LogP contribution in [0.4, 0.5) is 5.69 Å². The molecular formula is C5H4N4O. The average Bonchev–Trinajstić information content (AvgIpc) is 1.88. The van der Waals surface area contributed by atoms with Gasteiger partial charge in [0.25, 0.3) is 0 Å². The third-order valence-electron chi connectivity index (χ3n) is 0.870. The summed E-state index contributed by atoms with van der Waals surface area (Å²) in [5.74, 6) is -0.00935. The molecule has 0 saturated heterocycles. The molecule has 5 nitrogen and oxygen atoms in total. The van der Waals surface area contributed by atoms with Gasteiger partial charge in [-0.25, -0.2) is 0 Å². The smallest absolute Gasteiger partial charge is 0.134 e. The summed E-state index contributed by atoms with van der Waals surface area (Å²) in [7, 11) is 0. The van der Waals surface area contributed by atoms with E-state index in [1.54, 1.807) is 0 Å². The minimum absolute atomic E-state index is 0.00935. The molecule has 0 spiro atoms. The van der Waals surface area contributed by atoms with Gasteiger partial charge in [0.15, 0.2) is 0 Å². The quantitative estimate of drug-likeness (QED) is 0.362. The van der Waals surface area contributed by atoms with Gasteiger partial charge in [-0.05, 0) is 11.6 Å². The Labute approximate surface area is 56.6 Å². The first-order valence-corrected chi connectivity index (χ1v) is 2.52. The first-order valence-electron chi connectivity index (χ1n) is 2.52. The highest BCUT2D eigenvalue weighted by Crippen LogP contribution is 2.15. The van der Waals surface area contributed by atoms with Gasteiger partial charge in [-0.2, -0.15) is 0 Å². The molecule has 0 saturated carbocycles. The Bertz CT molecular complexity index is 279. The van der Waals surface area contributed by atoms with Crippen molar-refractivity contribution in [3.8, 4) is 5.75 Å². The number of hydrogen-bond donors (Lipinski definition) is 1. The van der Waals surface area contributed by atoms with Crippen molar-refractivity contribution in [1.29, 1.82) is 0 Å². The third kappa shape index (κ3) is 1.37. The van der Waals surface area contributed by atoms with Crippen LogP contribution in [-0.4, -0.2) is 10.1 Å². The van der Waals surface area contributed by atoms with E-state index in [0.717, 1.165) is 0 Å². The van der Waals surface area contributed by atoms with E-state index >= 15 is 0 Å². The van der Waals surface area contributed by atoms with Crippen molar-refractivity contribution in [2.24, 2.45) is 5.11 Å². The van der Waals surface area contributed by atoms with E-state index in [1.807, 2.05) is 0 Å². The van der Waals surface area contributed by atoms with Crippen molar-refractivity contribution >= 4 is 5.69 Å². The molecule has 0 unspecified atom stereocenters. The summed E-state index contributed by atoms with van der Waals surface area (Å²) >= 11 is 0. The number of rotatable bonds is 1. The summed E-state index contributed by atoms with van der Waals surface area (Å²) < 4.78 is 0. The zero-order valence-electron chi connectivity index (χ0n) is 4.97. The number of aromatic hydroxyl groups is 1. The Balaban J connectivity index is 3.06. The largest absolute Gasteiger partial charge is 0.506 e. The van der Waals surface area contributed by atoms with Gasteiger partial charge in [-0.15, -0.1) is 0 Å². The van der Waals surface area contributed by atoms with E-state index < -0.39 is 0 Å². The van der Waals surface area contributed by atoms with Gasteiger partial charge >= 0.3 is 0 Å². The molecule has 0 radical (unpaired) electrons. The molecular weight excluding hydrogens is 132 g/mol. The molecule has 0 aliphatic carbocycles. The predicted octanol–water partition coefficient (Wildman–Crippen LogP) is 1.73. The molecule has 0 aliphatic heterocycles. The zero-order chi connectivity index (χ0) is 7.40. The van der Waals surface area contributed by atoms with Crippen LogP contribution >= 0.6 is 0 Å². The second-order valence-electron chi connectivity index (χ2n) is 1.59. The van der Waals surface area contributed by atoms with Crippen molar-refractivity contribution < 1.29 is 5.11 Å². The van der Waals surface area contributed by atoms with E-state index in [0.29, 0.717) is 5.69 Å². The normalized spacial score (nSPS) is 8.40. The van der Waals surface area contributed by atoms with Gasteiger partial charge in [0.05, 0.1) is 11.9 Å². The summed E-state index contributed by atoms with van der Waals surface area (Å²) in [5, 5.41) is 12.0. The summed E-state index contributed by atoms with van der Waals surface area (Å²) in [4.78, 5) is 6.11. The van der Waals surface area contributed by atoms with Gasteiger partial charge < -0.3 is 5.11 Å². The first-order chi connectivity index (χ1) is 4.83. The maximum Gasteiger partial charge on any atom is 0.134 e. The lowest BCUT2D eigenvalue weighted by Crippen LogP contribution is -1.68. The van der Waals surface area contributed by atoms with Crippen LogP contribution in [0, 0.1) is 0 Å². The van der Waals surface area contributed by atoms with Gasteiger partial charge in [0.1, 0.15) is 5.75 Å². The van der Waals surface area contributed by atoms with E-state index in [2.05, 4.69) is 15.0 Å². The second kappa shape index (κ2) is 2.70. The number of pyridine rings is 1. The molecule has 1 aromatic rings. The van der Waals surface area contributed by atoms with Gasteiger partial charge in [0.2, 0.25) is 0 Å². The highest BCUT2D eigenvalue weighted by Gasteiger charge is 1.88. The molecule has 10 heavy (non-hydrogen) atoms. The van der Waals surface area contributed by atoms with E-state index in [4.69, 9.17) is 10.6 Å². The van der Waals surface area contributed by atoms with Crippen molar-refractivity contribution in [3.63, 3.8) is 0 Å². The number of azide groups is 1. The minimum atomic E-state index is -0.00935. The fourth-order valence-electron chi connectivity index (χ4n) is 0.522. The molecule has 1 N–H and O–H groups in total. The molecule has 0 aromatic carbocycles. The summed E-state index contributed by atoms with van der Waals surface area (Å²) in [6.45, 7) is 0. The van der Waals surface area contributed by atoms with Crippen LogP contribution in [0.15, 0.2) is 23.6 Å². The Kier molecular flexibility index (Phi) is 1.72. The van der Waals surface area contributed by atoms with Crippen LogP contribution in [0.25, 0.3) is 10.4 Å². The number of nitrogens with zero attached hydrogens (tertiary/aromatic N) is 4. The van der Waals surface area contributed by atoms with Gasteiger partial charge in [-0.3, -0.25) is 4.98 Å². The average molecular weight is 136 g/mol. The molecule has 1 heterocycles. The summed E-state index contributed by atoms with van der Waals surface area (Å²) in [6, 6.07) is 1.33. The Morgan fingerprint density at radius 2 is 2.40 bits per heavy atom. The second-order valence-corrected chi connectivity index (χ2v) is 1.59. The Morgan fingerprint density at radius 1 is 1.60 bits per heavy atom. The van der Waals surface area contributed by atoms with E-state index in [-0.39, 0.29) is 5.75 Å². The van der Waals surface area contributed by atoms with Gasteiger partial charge in [-0.1, -0.05) is 5.11 Å². The first kappa shape index (κ1) is 6.38. The van der Waals surface area contributed by atoms with Gasteiger partial charge in [0, 0.05) is 11.1 Å².